The van der Waals surface area contributed by atoms with Gasteiger partial charge in [0.1, 0.15) is 0 Å². The highest BCUT2D eigenvalue weighted by Gasteiger charge is 2.07. The predicted molar refractivity (Wildman–Crippen MR) is 42.0 cm³/mol. The zero-order chi connectivity index (χ0) is 7.68. The number of hydrogen-bond donors (Lipinski definition) is 1. The fraction of sp³-hybridized carbons (Fsp3) is 0. The molecule has 11 heavy (non-hydrogen) atoms. The lowest BCUT2D eigenvalue weighted by Gasteiger charge is -1.88. The third kappa shape index (κ3) is 0.988. The molecular formula is C6H5N3OS. The van der Waals surface area contributed by atoms with Gasteiger partial charge in [-0.25, -0.2) is 0 Å². The normalized spacial score (nSPS) is 10.2. The zero-order valence-electron chi connectivity index (χ0n) is 5.52. The van der Waals surface area contributed by atoms with Gasteiger partial charge >= 0.3 is 0 Å². The van der Waals surface area contributed by atoms with E-state index in [1.165, 1.54) is 17.7 Å². The number of nitrogens with zero attached hydrogens (tertiary/aromatic N) is 2. The molecule has 0 aliphatic rings. The Kier molecular flexibility index (Phi) is 1.36. The van der Waals surface area contributed by atoms with E-state index >= 15 is 0 Å². The first-order chi connectivity index (χ1) is 5.38. The van der Waals surface area contributed by atoms with Crippen LogP contribution in [0.5, 0.6) is 0 Å². The molecule has 0 saturated heterocycles. The second-order valence-corrected chi connectivity index (χ2v) is 2.89. The van der Waals surface area contributed by atoms with E-state index in [0.717, 1.165) is 5.56 Å². The lowest BCUT2D eigenvalue weighted by molar-refractivity contribution is 0.430. The summed E-state index contributed by atoms with van der Waals surface area (Å²) in [6, 6.07) is 1.85. The quantitative estimate of drug-likeness (QED) is 0.696. The van der Waals surface area contributed by atoms with Crippen LogP contribution in [0.25, 0.3) is 11.5 Å². The van der Waals surface area contributed by atoms with Gasteiger partial charge in [-0.2, -0.15) is 4.98 Å². The van der Waals surface area contributed by atoms with E-state index in [4.69, 9.17) is 10.3 Å². The van der Waals surface area contributed by atoms with Crippen LogP contribution in [0.2, 0.25) is 0 Å². The third-order valence-electron chi connectivity index (χ3n) is 1.29. The van der Waals surface area contributed by atoms with Crippen LogP contribution in [0.3, 0.4) is 0 Å². The van der Waals surface area contributed by atoms with Gasteiger partial charge in [0.15, 0.2) is 6.33 Å². The van der Waals surface area contributed by atoms with Crippen molar-refractivity contribution in [2.75, 3.05) is 5.73 Å². The second-order valence-electron chi connectivity index (χ2n) is 1.94. The molecule has 2 N–H and O–H groups in total. The van der Waals surface area contributed by atoms with Crippen LogP contribution in [0.1, 0.15) is 0 Å². The third-order valence-corrected chi connectivity index (χ3v) is 2.03. The standard InChI is InChI=1S/C6H5N3OS/c7-5-4(1-2-11-5)6-8-3-9-10-6/h1-3H,7H2. The van der Waals surface area contributed by atoms with E-state index in [0.29, 0.717) is 10.9 Å². The molecule has 2 heterocycles. The smallest absolute Gasteiger partial charge is 0.260 e. The molecule has 56 valence electrons. The van der Waals surface area contributed by atoms with E-state index in [1.807, 2.05) is 11.4 Å². The van der Waals surface area contributed by atoms with Crippen LogP contribution >= 0.6 is 11.3 Å². The Morgan fingerprint density at radius 2 is 2.45 bits per heavy atom. The summed E-state index contributed by atoms with van der Waals surface area (Å²) in [7, 11) is 0. The van der Waals surface area contributed by atoms with Crippen LogP contribution in [-0.4, -0.2) is 10.1 Å². The van der Waals surface area contributed by atoms with Crippen molar-refractivity contribution in [2.24, 2.45) is 0 Å². The monoisotopic (exact) mass is 167 g/mol. The maximum Gasteiger partial charge on any atom is 0.260 e. The van der Waals surface area contributed by atoms with Crippen LogP contribution in [0.15, 0.2) is 22.3 Å². The van der Waals surface area contributed by atoms with E-state index in [-0.39, 0.29) is 0 Å². The molecule has 5 heteroatoms. The SMILES string of the molecule is Nc1sccc1-c1ncno1. The van der Waals surface area contributed by atoms with Crippen molar-refractivity contribution < 1.29 is 4.52 Å². The van der Waals surface area contributed by atoms with Gasteiger partial charge in [-0.05, 0) is 11.4 Å². The predicted octanol–water partition coefficient (Wildman–Crippen LogP) is 1.38. The van der Waals surface area contributed by atoms with Crippen LogP contribution in [0.4, 0.5) is 5.00 Å². The average Bonchev–Trinajstić information content (AvgIpc) is 2.55. The van der Waals surface area contributed by atoms with Crippen molar-refractivity contribution in [3.8, 4) is 11.5 Å². The maximum absolute atomic E-state index is 5.62. The number of thiophene rings is 1. The molecule has 2 rings (SSSR count). The Morgan fingerprint density at radius 3 is 3.00 bits per heavy atom. The first kappa shape index (κ1) is 6.36. The van der Waals surface area contributed by atoms with E-state index in [1.54, 1.807) is 0 Å². The number of nitrogens with two attached hydrogens (primary N) is 1. The number of anilines is 1. The molecule has 0 bridgehead atoms. The van der Waals surface area contributed by atoms with Gasteiger partial charge in [0.05, 0.1) is 10.6 Å². The Bertz CT molecular complexity index is 340. The number of nitrogen functional groups attached to an aromatic ring is 1. The first-order valence-electron chi connectivity index (χ1n) is 2.98. The highest BCUT2D eigenvalue weighted by Crippen LogP contribution is 2.28. The van der Waals surface area contributed by atoms with Crippen molar-refractivity contribution in [3.05, 3.63) is 17.8 Å². The Labute approximate surface area is 66.7 Å². The highest BCUT2D eigenvalue weighted by molar-refractivity contribution is 7.14. The molecule has 0 saturated carbocycles. The van der Waals surface area contributed by atoms with Crippen molar-refractivity contribution >= 4 is 16.3 Å². The van der Waals surface area contributed by atoms with Gasteiger partial charge in [-0.3, -0.25) is 0 Å². The van der Waals surface area contributed by atoms with E-state index < -0.39 is 0 Å². The molecule has 0 spiro atoms. The summed E-state index contributed by atoms with van der Waals surface area (Å²) in [5.41, 5.74) is 6.44. The molecular weight excluding hydrogens is 162 g/mol. The molecule has 0 amide bonds. The van der Waals surface area contributed by atoms with Crippen LogP contribution < -0.4 is 5.73 Å². The average molecular weight is 167 g/mol. The summed E-state index contributed by atoms with van der Waals surface area (Å²) >= 11 is 1.45. The number of rotatable bonds is 1. The van der Waals surface area contributed by atoms with Crippen molar-refractivity contribution in [3.63, 3.8) is 0 Å². The summed E-state index contributed by atoms with van der Waals surface area (Å²) in [6.07, 6.45) is 1.35. The largest absolute Gasteiger partial charge is 0.390 e. The van der Waals surface area contributed by atoms with E-state index in [9.17, 15) is 0 Å². The summed E-state index contributed by atoms with van der Waals surface area (Å²) in [5, 5.41) is 6.07. The molecule has 4 nitrogen and oxygen atoms in total. The molecule has 0 aliphatic carbocycles. The van der Waals surface area contributed by atoms with Crippen molar-refractivity contribution in [1.82, 2.24) is 10.1 Å². The molecule has 0 atom stereocenters. The van der Waals surface area contributed by atoms with Crippen LogP contribution in [0, 0.1) is 0 Å². The minimum atomic E-state index is 0.476. The summed E-state index contributed by atoms with van der Waals surface area (Å²) in [4.78, 5) is 3.87. The summed E-state index contributed by atoms with van der Waals surface area (Å²) in [5.74, 6) is 0.476. The topological polar surface area (TPSA) is 64.9 Å². The Morgan fingerprint density at radius 1 is 1.55 bits per heavy atom. The van der Waals surface area contributed by atoms with Gasteiger partial charge in [0, 0.05) is 0 Å². The fourth-order valence-electron chi connectivity index (χ4n) is 0.789. The summed E-state index contributed by atoms with van der Waals surface area (Å²) < 4.78 is 4.82. The summed E-state index contributed by atoms with van der Waals surface area (Å²) in [6.45, 7) is 0. The lowest BCUT2D eigenvalue weighted by Crippen LogP contribution is -1.82. The number of hydrogen-bond acceptors (Lipinski definition) is 5. The fourth-order valence-corrected chi connectivity index (χ4v) is 1.42. The van der Waals surface area contributed by atoms with Crippen molar-refractivity contribution in [2.45, 2.75) is 0 Å². The van der Waals surface area contributed by atoms with Gasteiger partial charge < -0.3 is 10.3 Å². The minimum Gasteiger partial charge on any atom is -0.390 e. The molecule has 0 fully saturated rings. The molecule has 0 radical (unpaired) electrons. The molecule has 2 aromatic rings. The lowest BCUT2D eigenvalue weighted by atomic mass is 10.3. The molecule has 0 unspecified atom stereocenters. The van der Waals surface area contributed by atoms with Gasteiger partial charge in [-0.1, -0.05) is 5.16 Å². The maximum atomic E-state index is 5.62. The highest BCUT2D eigenvalue weighted by atomic mass is 32.1. The van der Waals surface area contributed by atoms with Gasteiger partial charge in [-0.15, -0.1) is 11.3 Å². The Balaban J connectivity index is 2.53. The second kappa shape index (κ2) is 2.35. The van der Waals surface area contributed by atoms with Crippen LogP contribution in [-0.2, 0) is 0 Å². The van der Waals surface area contributed by atoms with Crippen molar-refractivity contribution in [1.29, 1.82) is 0 Å². The minimum absolute atomic E-state index is 0.476. The molecule has 2 aromatic heterocycles. The zero-order valence-corrected chi connectivity index (χ0v) is 6.34. The van der Waals surface area contributed by atoms with Gasteiger partial charge in [0.25, 0.3) is 5.89 Å². The van der Waals surface area contributed by atoms with E-state index in [2.05, 4.69) is 10.1 Å². The number of aromatic nitrogens is 2. The first-order valence-corrected chi connectivity index (χ1v) is 3.86. The Hall–Kier alpha value is -1.36. The molecule has 0 aromatic carbocycles. The van der Waals surface area contributed by atoms with Gasteiger partial charge in [0.2, 0.25) is 0 Å². The molecule has 0 aliphatic heterocycles.